The summed E-state index contributed by atoms with van der Waals surface area (Å²) in [6, 6.07) is 2.69. The van der Waals surface area contributed by atoms with Gasteiger partial charge in [0.25, 0.3) is 0 Å². The normalized spacial score (nSPS) is 13.8. The number of nitrogens with zero attached hydrogens (tertiary/aromatic N) is 2. The van der Waals surface area contributed by atoms with Gasteiger partial charge in [-0.3, -0.25) is 0 Å². The molecule has 0 radical (unpaired) electrons. The highest BCUT2D eigenvalue weighted by molar-refractivity contribution is 7.18. The van der Waals surface area contributed by atoms with E-state index in [0.29, 0.717) is 6.04 Å². The molecule has 0 aliphatic heterocycles. The van der Waals surface area contributed by atoms with Crippen LogP contribution < -0.4 is 5.32 Å². The number of nitrogens with one attached hydrogen (secondary N) is 1. The third-order valence-electron chi connectivity index (χ3n) is 3.70. The summed E-state index contributed by atoms with van der Waals surface area (Å²) < 4.78 is 0. The van der Waals surface area contributed by atoms with Gasteiger partial charge in [-0.15, -0.1) is 11.3 Å². The SMILES string of the molecule is CCNC(Cc1ncnc2sc(CC)cc12)C(C)(C)C. The molecule has 3 nitrogen and oxygen atoms in total. The molecule has 1 N–H and O–H groups in total. The molecule has 0 spiro atoms. The first-order chi connectivity index (χ1) is 9.45. The highest BCUT2D eigenvalue weighted by Crippen LogP contribution is 2.29. The Balaban J connectivity index is 2.34. The Morgan fingerprint density at radius 3 is 2.60 bits per heavy atom. The lowest BCUT2D eigenvalue weighted by Crippen LogP contribution is -2.42. The van der Waals surface area contributed by atoms with Crippen LogP contribution in [0.1, 0.15) is 45.2 Å². The molecule has 4 heteroatoms. The molecule has 2 heterocycles. The maximum Gasteiger partial charge on any atom is 0.127 e. The van der Waals surface area contributed by atoms with Gasteiger partial charge in [0.1, 0.15) is 11.2 Å². The largest absolute Gasteiger partial charge is 0.313 e. The number of thiophene rings is 1. The molecule has 0 fully saturated rings. The van der Waals surface area contributed by atoms with E-state index in [9.17, 15) is 0 Å². The summed E-state index contributed by atoms with van der Waals surface area (Å²) in [7, 11) is 0. The van der Waals surface area contributed by atoms with Gasteiger partial charge in [0.2, 0.25) is 0 Å². The molecule has 0 aliphatic carbocycles. The van der Waals surface area contributed by atoms with E-state index >= 15 is 0 Å². The highest BCUT2D eigenvalue weighted by Gasteiger charge is 2.25. The van der Waals surface area contributed by atoms with Crippen molar-refractivity contribution >= 4 is 21.6 Å². The average Bonchev–Trinajstić information content (AvgIpc) is 2.81. The number of rotatable bonds is 5. The second-order valence-electron chi connectivity index (χ2n) is 6.29. The minimum atomic E-state index is 0.219. The van der Waals surface area contributed by atoms with Crippen molar-refractivity contribution in [1.82, 2.24) is 15.3 Å². The average molecular weight is 291 g/mol. The zero-order chi connectivity index (χ0) is 14.8. The third kappa shape index (κ3) is 3.36. The van der Waals surface area contributed by atoms with Crippen LogP contribution in [0, 0.1) is 5.41 Å². The summed E-state index contributed by atoms with van der Waals surface area (Å²) in [4.78, 5) is 11.5. The highest BCUT2D eigenvalue weighted by atomic mass is 32.1. The van der Waals surface area contributed by atoms with E-state index < -0.39 is 0 Å². The summed E-state index contributed by atoms with van der Waals surface area (Å²) in [5.41, 5.74) is 1.39. The maximum absolute atomic E-state index is 4.55. The van der Waals surface area contributed by atoms with Crippen molar-refractivity contribution in [2.45, 2.75) is 53.5 Å². The van der Waals surface area contributed by atoms with Crippen LogP contribution in [0.15, 0.2) is 12.4 Å². The molecule has 20 heavy (non-hydrogen) atoms. The Bertz CT molecular complexity index is 569. The van der Waals surface area contributed by atoms with Gasteiger partial charge in [0.15, 0.2) is 0 Å². The number of likely N-dealkylation sites (N-methyl/N-ethyl adjacent to an activating group) is 1. The summed E-state index contributed by atoms with van der Waals surface area (Å²) in [6.45, 7) is 12.2. The number of aryl methyl sites for hydroxylation is 1. The van der Waals surface area contributed by atoms with Crippen LogP contribution in [0.25, 0.3) is 10.2 Å². The lowest BCUT2D eigenvalue weighted by Gasteiger charge is -2.31. The van der Waals surface area contributed by atoms with Gasteiger partial charge in [-0.05, 0) is 24.4 Å². The maximum atomic E-state index is 4.55. The van der Waals surface area contributed by atoms with Crippen LogP contribution >= 0.6 is 11.3 Å². The van der Waals surface area contributed by atoms with E-state index in [1.54, 1.807) is 17.7 Å². The molecule has 0 amide bonds. The van der Waals surface area contributed by atoms with Gasteiger partial charge in [0.05, 0.1) is 5.69 Å². The fraction of sp³-hybridized carbons (Fsp3) is 0.625. The monoisotopic (exact) mass is 291 g/mol. The third-order valence-corrected chi connectivity index (χ3v) is 4.89. The van der Waals surface area contributed by atoms with Crippen LogP contribution in [-0.4, -0.2) is 22.6 Å². The first kappa shape index (κ1) is 15.4. The summed E-state index contributed by atoms with van der Waals surface area (Å²) >= 11 is 1.79. The standard InChI is InChI=1S/C16H25N3S/c1-6-11-8-12-13(18-10-19-15(12)20-11)9-14(17-7-2)16(3,4)5/h8,10,14,17H,6-7,9H2,1-5H3. The summed E-state index contributed by atoms with van der Waals surface area (Å²) in [6.07, 6.45) is 3.73. The fourth-order valence-electron chi connectivity index (χ4n) is 2.42. The molecule has 1 atom stereocenters. The van der Waals surface area contributed by atoms with Crippen LogP contribution in [0.3, 0.4) is 0 Å². The molecule has 110 valence electrons. The second-order valence-corrected chi connectivity index (χ2v) is 7.40. The molecule has 0 aromatic carbocycles. The lowest BCUT2D eigenvalue weighted by atomic mass is 9.83. The van der Waals surface area contributed by atoms with E-state index in [0.717, 1.165) is 24.2 Å². The van der Waals surface area contributed by atoms with E-state index in [4.69, 9.17) is 0 Å². The molecule has 0 aliphatic rings. The van der Waals surface area contributed by atoms with Crippen molar-refractivity contribution in [2.75, 3.05) is 6.54 Å². The smallest absolute Gasteiger partial charge is 0.127 e. The van der Waals surface area contributed by atoms with E-state index in [2.05, 4.69) is 56.0 Å². The Hall–Kier alpha value is -1.00. The number of aromatic nitrogens is 2. The van der Waals surface area contributed by atoms with E-state index in [1.165, 1.54) is 16.0 Å². The molecule has 1 unspecified atom stereocenters. The van der Waals surface area contributed by atoms with Gasteiger partial charge in [0, 0.05) is 22.7 Å². The Morgan fingerprint density at radius 1 is 1.25 bits per heavy atom. The van der Waals surface area contributed by atoms with Crippen molar-refractivity contribution in [3.63, 3.8) is 0 Å². The molecule has 0 saturated heterocycles. The lowest BCUT2D eigenvalue weighted by molar-refractivity contribution is 0.269. The van der Waals surface area contributed by atoms with Gasteiger partial charge < -0.3 is 5.32 Å². The predicted molar refractivity (Wildman–Crippen MR) is 87.4 cm³/mol. The van der Waals surface area contributed by atoms with Gasteiger partial charge >= 0.3 is 0 Å². The van der Waals surface area contributed by atoms with E-state index in [1.807, 2.05) is 0 Å². The Morgan fingerprint density at radius 2 is 2.00 bits per heavy atom. The topological polar surface area (TPSA) is 37.8 Å². The van der Waals surface area contributed by atoms with Crippen molar-refractivity contribution in [1.29, 1.82) is 0 Å². The van der Waals surface area contributed by atoms with Crippen molar-refractivity contribution in [2.24, 2.45) is 5.41 Å². The van der Waals surface area contributed by atoms with Crippen LogP contribution in [0.5, 0.6) is 0 Å². The van der Waals surface area contributed by atoms with Gasteiger partial charge in [-0.2, -0.15) is 0 Å². The first-order valence-electron chi connectivity index (χ1n) is 7.41. The number of fused-ring (bicyclic) bond motifs is 1. The molecule has 2 aromatic rings. The zero-order valence-corrected chi connectivity index (χ0v) is 14.0. The van der Waals surface area contributed by atoms with Crippen LogP contribution in [-0.2, 0) is 12.8 Å². The molecule has 0 saturated carbocycles. The first-order valence-corrected chi connectivity index (χ1v) is 8.23. The number of hydrogen-bond acceptors (Lipinski definition) is 4. The zero-order valence-electron chi connectivity index (χ0n) is 13.2. The van der Waals surface area contributed by atoms with Crippen LogP contribution in [0.2, 0.25) is 0 Å². The van der Waals surface area contributed by atoms with Gasteiger partial charge in [-0.25, -0.2) is 9.97 Å². The quantitative estimate of drug-likeness (QED) is 0.910. The predicted octanol–water partition coefficient (Wildman–Crippen LogP) is 3.82. The Kier molecular flexibility index (Phi) is 4.76. The van der Waals surface area contributed by atoms with Crippen molar-refractivity contribution in [3.05, 3.63) is 23.0 Å². The molecule has 2 rings (SSSR count). The Labute approximate surface area is 125 Å². The van der Waals surface area contributed by atoms with Crippen LogP contribution in [0.4, 0.5) is 0 Å². The minimum Gasteiger partial charge on any atom is -0.313 e. The molecule has 2 aromatic heterocycles. The second kappa shape index (κ2) is 6.19. The molecule has 0 bridgehead atoms. The summed E-state index contributed by atoms with van der Waals surface area (Å²) in [5, 5.41) is 4.84. The minimum absolute atomic E-state index is 0.219. The molecular formula is C16H25N3S. The fourth-order valence-corrected chi connectivity index (χ4v) is 3.37. The molecular weight excluding hydrogens is 266 g/mol. The van der Waals surface area contributed by atoms with E-state index in [-0.39, 0.29) is 5.41 Å². The van der Waals surface area contributed by atoms with Crippen molar-refractivity contribution < 1.29 is 0 Å². The number of hydrogen-bond donors (Lipinski definition) is 1. The van der Waals surface area contributed by atoms with Crippen molar-refractivity contribution in [3.8, 4) is 0 Å². The summed E-state index contributed by atoms with van der Waals surface area (Å²) in [5.74, 6) is 0. The van der Waals surface area contributed by atoms with Gasteiger partial charge in [-0.1, -0.05) is 34.6 Å².